The molecule has 0 fully saturated rings. The van der Waals surface area contributed by atoms with Crippen LogP contribution in [-0.4, -0.2) is 4.98 Å². The van der Waals surface area contributed by atoms with E-state index in [0.717, 1.165) is 5.69 Å². The summed E-state index contributed by atoms with van der Waals surface area (Å²) in [5.41, 5.74) is 6.08. The predicted molar refractivity (Wildman–Crippen MR) is 28.6 cm³/mol. The first-order valence-electron chi connectivity index (χ1n) is 2.05. The fraction of sp³-hybridized carbons (Fsp3) is 0. The second-order valence-corrected chi connectivity index (χ2v) is 1.28. The van der Waals surface area contributed by atoms with Crippen molar-refractivity contribution < 1.29 is 16.8 Å². The normalized spacial score (nSPS) is 7.50. The minimum atomic E-state index is 0. The zero-order chi connectivity index (χ0) is 5.11. The van der Waals surface area contributed by atoms with Crippen molar-refractivity contribution in [3.8, 4) is 0 Å². The SMILES string of the molecule is Nc1ccncc1.[Co]. The van der Waals surface area contributed by atoms with E-state index in [4.69, 9.17) is 5.73 Å². The number of anilines is 1. The monoisotopic (exact) mass is 153 g/mol. The zero-order valence-electron chi connectivity index (χ0n) is 4.17. The molecule has 0 bridgehead atoms. The maximum atomic E-state index is 5.32. The van der Waals surface area contributed by atoms with Crippen molar-refractivity contribution in [3.63, 3.8) is 0 Å². The molecule has 0 saturated heterocycles. The Balaban J connectivity index is 0.000000490. The van der Waals surface area contributed by atoms with Crippen molar-refractivity contribution in [3.05, 3.63) is 24.5 Å². The first-order chi connectivity index (χ1) is 3.39. The van der Waals surface area contributed by atoms with Gasteiger partial charge in [0.15, 0.2) is 0 Å². The molecule has 1 aromatic rings. The molecule has 1 aromatic heterocycles. The van der Waals surface area contributed by atoms with E-state index in [9.17, 15) is 0 Å². The van der Waals surface area contributed by atoms with Crippen LogP contribution in [0.1, 0.15) is 0 Å². The molecule has 0 aliphatic carbocycles. The Morgan fingerprint density at radius 2 is 1.75 bits per heavy atom. The number of nitrogen functional groups attached to an aromatic ring is 1. The number of nitrogens with zero attached hydrogens (tertiary/aromatic N) is 1. The maximum Gasteiger partial charge on any atom is 0.0344 e. The molecular weight excluding hydrogens is 147 g/mol. The Morgan fingerprint density at radius 1 is 1.25 bits per heavy atom. The van der Waals surface area contributed by atoms with Crippen LogP contribution < -0.4 is 5.73 Å². The molecule has 0 atom stereocenters. The Bertz CT molecular complexity index is 140. The van der Waals surface area contributed by atoms with Crippen LogP contribution in [0.4, 0.5) is 5.69 Å². The summed E-state index contributed by atoms with van der Waals surface area (Å²) in [5.74, 6) is 0. The van der Waals surface area contributed by atoms with Crippen LogP contribution in [0.2, 0.25) is 0 Å². The standard InChI is InChI=1S/C5H6N2.Co/c6-5-1-3-7-4-2-5;/h1-4H,(H2,6,7);. The van der Waals surface area contributed by atoms with E-state index in [-0.39, 0.29) is 16.8 Å². The minimum absolute atomic E-state index is 0. The summed E-state index contributed by atoms with van der Waals surface area (Å²) < 4.78 is 0. The van der Waals surface area contributed by atoms with Gasteiger partial charge in [-0.3, -0.25) is 4.98 Å². The molecule has 0 aromatic carbocycles. The summed E-state index contributed by atoms with van der Waals surface area (Å²) in [7, 11) is 0. The van der Waals surface area contributed by atoms with E-state index in [1.165, 1.54) is 0 Å². The number of nitrogens with two attached hydrogens (primary N) is 1. The van der Waals surface area contributed by atoms with E-state index >= 15 is 0 Å². The van der Waals surface area contributed by atoms with E-state index in [1.807, 2.05) is 0 Å². The Hall–Kier alpha value is -0.544. The summed E-state index contributed by atoms with van der Waals surface area (Å²) in [4.78, 5) is 3.77. The first kappa shape index (κ1) is 7.46. The van der Waals surface area contributed by atoms with E-state index in [1.54, 1.807) is 24.5 Å². The van der Waals surface area contributed by atoms with Gasteiger partial charge in [-0.2, -0.15) is 0 Å². The van der Waals surface area contributed by atoms with Crippen LogP contribution in [0.3, 0.4) is 0 Å². The average molecular weight is 153 g/mol. The van der Waals surface area contributed by atoms with Crippen molar-refractivity contribution in [2.24, 2.45) is 0 Å². The van der Waals surface area contributed by atoms with Crippen LogP contribution in [0.5, 0.6) is 0 Å². The second-order valence-electron chi connectivity index (χ2n) is 1.28. The van der Waals surface area contributed by atoms with Gasteiger partial charge in [0, 0.05) is 34.9 Å². The van der Waals surface area contributed by atoms with Gasteiger partial charge in [-0.25, -0.2) is 0 Å². The van der Waals surface area contributed by atoms with Crippen molar-refractivity contribution in [2.45, 2.75) is 0 Å². The second kappa shape index (κ2) is 3.46. The Morgan fingerprint density at radius 3 is 2.00 bits per heavy atom. The maximum absolute atomic E-state index is 5.32. The van der Waals surface area contributed by atoms with Gasteiger partial charge < -0.3 is 5.73 Å². The molecule has 0 aliphatic rings. The van der Waals surface area contributed by atoms with Crippen LogP contribution >= 0.6 is 0 Å². The van der Waals surface area contributed by atoms with Crippen molar-refractivity contribution >= 4 is 5.69 Å². The third-order valence-electron chi connectivity index (χ3n) is 0.706. The Labute approximate surface area is 58.3 Å². The number of rotatable bonds is 0. The summed E-state index contributed by atoms with van der Waals surface area (Å²) in [6, 6.07) is 3.50. The van der Waals surface area contributed by atoms with Crippen molar-refractivity contribution in [1.82, 2.24) is 4.98 Å². The van der Waals surface area contributed by atoms with Gasteiger partial charge >= 0.3 is 0 Å². The molecule has 0 amide bonds. The summed E-state index contributed by atoms with van der Waals surface area (Å²) in [6.07, 6.45) is 3.32. The predicted octanol–water partition coefficient (Wildman–Crippen LogP) is 0.661. The summed E-state index contributed by atoms with van der Waals surface area (Å²) in [6.45, 7) is 0. The molecule has 2 nitrogen and oxygen atoms in total. The van der Waals surface area contributed by atoms with Gasteiger partial charge in [0.25, 0.3) is 0 Å². The fourth-order valence-electron chi connectivity index (χ4n) is 0.363. The molecule has 2 N–H and O–H groups in total. The third-order valence-corrected chi connectivity index (χ3v) is 0.706. The van der Waals surface area contributed by atoms with Gasteiger partial charge in [-0.05, 0) is 12.1 Å². The molecular formula is C5H6CoN2. The van der Waals surface area contributed by atoms with E-state index in [2.05, 4.69) is 4.98 Å². The van der Waals surface area contributed by atoms with Crippen LogP contribution in [0.15, 0.2) is 24.5 Å². The molecule has 0 unspecified atom stereocenters. The fourth-order valence-corrected chi connectivity index (χ4v) is 0.363. The van der Waals surface area contributed by atoms with Gasteiger partial charge in [-0.15, -0.1) is 0 Å². The molecule has 1 rings (SSSR count). The topological polar surface area (TPSA) is 38.9 Å². The van der Waals surface area contributed by atoms with E-state index < -0.39 is 0 Å². The van der Waals surface area contributed by atoms with E-state index in [0.29, 0.717) is 0 Å². The Kier molecular flexibility index (Phi) is 3.22. The molecule has 1 heterocycles. The van der Waals surface area contributed by atoms with Crippen molar-refractivity contribution in [2.75, 3.05) is 5.73 Å². The molecule has 0 aliphatic heterocycles. The van der Waals surface area contributed by atoms with Crippen molar-refractivity contribution in [1.29, 1.82) is 0 Å². The molecule has 8 heavy (non-hydrogen) atoms. The molecule has 0 spiro atoms. The minimum Gasteiger partial charge on any atom is -0.399 e. The molecule has 1 radical (unpaired) electrons. The summed E-state index contributed by atoms with van der Waals surface area (Å²) in [5, 5.41) is 0. The van der Waals surface area contributed by atoms with Gasteiger partial charge in [-0.1, -0.05) is 0 Å². The van der Waals surface area contributed by atoms with Gasteiger partial charge in [0.05, 0.1) is 0 Å². The number of pyridine rings is 1. The average Bonchev–Trinajstić information content (AvgIpc) is 1.69. The smallest absolute Gasteiger partial charge is 0.0344 e. The number of hydrogen-bond acceptors (Lipinski definition) is 2. The number of hydrogen-bond donors (Lipinski definition) is 1. The quantitative estimate of drug-likeness (QED) is 0.594. The third kappa shape index (κ3) is 1.95. The largest absolute Gasteiger partial charge is 0.399 e. The van der Waals surface area contributed by atoms with Gasteiger partial charge in [0.1, 0.15) is 0 Å². The van der Waals surface area contributed by atoms with Crippen LogP contribution in [0.25, 0.3) is 0 Å². The van der Waals surface area contributed by atoms with Gasteiger partial charge in [0.2, 0.25) is 0 Å². The first-order valence-corrected chi connectivity index (χ1v) is 2.05. The number of aromatic nitrogens is 1. The molecule has 3 heteroatoms. The van der Waals surface area contributed by atoms with Crippen LogP contribution in [-0.2, 0) is 16.8 Å². The molecule has 45 valence electrons. The molecule has 0 saturated carbocycles. The zero-order valence-corrected chi connectivity index (χ0v) is 5.21. The van der Waals surface area contributed by atoms with Crippen LogP contribution in [0, 0.1) is 0 Å². The summed E-state index contributed by atoms with van der Waals surface area (Å²) >= 11 is 0.